The molecule has 16 heavy (non-hydrogen) atoms. The van der Waals surface area contributed by atoms with Gasteiger partial charge in [0.25, 0.3) is 0 Å². The highest BCUT2D eigenvalue weighted by Crippen LogP contribution is 2.20. The maximum absolute atomic E-state index is 5.78. The van der Waals surface area contributed by atoms with Crippen molar-refractivity contribution in [3.8, 4) is 0 Å². The minimum atomic E-state index is 0.270. The van der Waals surface area contributed by atoms with Gasteiger partial charge < -0.3 is 5.73 Å². The van der Waals surface area contributed by atoms with E-state index >= 15 is 0 Å². The van der Waals surface area contributed by atoms with Crippen LogP contribution in [0, 0.1) is 11.8 Å². The molecule has 0 aliphatic heterocycles. The molecule has 0 fully saturated rings. The lowest BCUT2D eigenvalue weighted by Crippen LogP contribution is -2.20. The average Bonchev–Trinajstić information content (AvgIpc) is 2.17. The number of aromatic nitrogens is 2. The summed E-state index contributed by atoms with van der Waals surface area (Å²) in [5.74, 6) is 2.28. The van der Waals surface area contributed by atoms with E-state index in [0.29, 0.717) is 18.4 Å². The van der Waals surface area contributed by atoms with E-state index in [0.717, 1.165) is 17.9 Å². The zero-order valence-corrected chi connectivity index (χ0v) is 10.8. The fourth-order valence-electron chi connectivity index (χ4n) is 1.80. The topological polar surface area (TPSA) is 51.8 Å². The molecule has 0 aromatic carbocycles. The van der Waals surface area contributed by atoms with Crippen LogP contribution in [0.5, 0.6) is 0 Å². The standard InChI is InChI=1S/C13H23N3/c1-9(2)7-11-5-6-15-13(16-11)12(8-14)10(3)4/h5-6,9-10,12H,7-8,14H2,1-4H3. The van der Waals surface area contributed by atoms with Crippen LogP contribution in [0.3, 0.4) is 0 Å². The van der Waals surface area contributed by atoms with Gasteiger partial charge in [-0.15, -0.1) is 0 Å². The molecule has 1 rings (SSSR count). The van der Waals surface area contributed by atoms with Crippen LogP contribution in [0.4, 0.5) is 0 Å². The van der Waals surface area contributed by atoms with E-state index in [-0.39, 0.29) is 5.92 Å². The van der Waals surface area contributed by atoms with E-state index in [4.69, 9.17) is 5.73 Å². The average molecular weight is 221 g/mol. The first-order valence-electron chi connectivity index (χ1n) is 6.06. The molecule has 0 saturated heterocycles. The van der Waals surface area contributed by atoms with Gasteiger partial charge in [-0.05, 0) is 24.3 Å². The first-order valence-corrected chi connectivity index (χ1v) is 6.06. The maximum Gasteiger partial charge on any atom is 0.133 e. The summed E-state index contributed by atoms with van der Waals surface area (Å²) >= 11 is 0. The van der Waals surface area contributed by atoms with Gasteiger partial charge in [-0.1, -0.05) is 27.7 Å². The summed E-state index contributed by atoms with van der Waals surface area (Å²) in [6.45, 7) is 9.34. The van der Waals surface area contributed by atoms with Crippen LogP contribution >= 0.6 is 0 Å². The van der Waals surface area contributed by atoms with Crippen LogP contribution in [0.15, 0.2) is 12.3 Å². The quantitative estimate of drug-likeness (QED) is 0.830. The second-order valence-electron chi connectivity index (χ2n) is 5.09. The lowest BCUT2D eigenvalue weighted by molar-refractivity contribution is 0.480. The summed E-state index contributed by atoms with van der Waals surface area (Å²) in [5, 5.41) is 0. The van der Waals surface area contributed by atoms with E-state index in [1.807, 2.05) is 12.3 Å². The Balaban J connectivity index is 2.88. The van der Waals surface area contributed by atoms with Crippen molar-refractivity contribution in [2.24, 2.45) is 17.6 Å². The van der Waals surface area contributed by atoms with Crippen molar-refractivity contribution in [1.29, 1.82) is 0 Å². The molecule has 0 spiro atoms. The van der Waals surface area contributed by atoms with Crippen LogP contribution in [0.1, 0.15) is 45.1 Å². The van der Waals surface area contributed by atoms with Gasteiger partial charge in [-0.2, -0.15) is 0 Å². The Morgan fingerprint density at radius 2 is 1.94 bits per heavy atom. The fraction of sp³-hybridized carbons (Fsp3) is 0.692. The molecule has 3 nitrogen and oxygen atoms in total. The van der Waals surface area contributed by atoms with Gasteiger partial charge in [0.15, 0.2) is 0 Å². The van der Waals surface area contributed by atoms with Crippen molar-refractivity contribution in [2.75, 3.05) is 6.54 Å². The van der Waals surface area contributed by atoms with Crippen LogP contribution in [-0.4, -0.2) is 16.5 Å². The maximum atomic E-state index is 5.78. The van der Waals surface area contributed by atoms with Crippen molar-refractivity contribution >= 4 is 0 Å². The molecule has 90 valence electrons. The van der Waals surface area contributed by atoms with Gasteiger partial charge >= 0.3 is 0 Å². The molecule has 1 unspecified atom stereocenters. The molecule has 1 aromatic heterocycles. The smallest absolute Gasteiger partial charge is 0.133 e. The van der Waals surface area contributed by atoms with Gasteiger partial charge in [-0.25, -0.2) is 9.97 Å². The first kappa shape index (κ1) is 13.1. The van der Waals surface area contributed by atoms with Crippen molar-refractivity contribution < 1.29 is 0 Å². The number of nitrogens with two attached hydrogens (primary N) is 1. The monoisotopic (exact) mass is 221 g/mol. The largest absolute Gasteiger partial charge is 0.330 e. The molecule has 3 heteroatoms. The lowest BCUT2D eigenvalue weighted by Gasteiger charge is -2.17. The summed E-state index contributed by atoms with van der Waals surface area (Å²) < 4.78 is 0. The molecule has 2 N–H and O–H groups in total. The van der Waals surface area contributed by atoms with Crippen LogP contribution in [0.2, 0.25) is 0 Å². The third-order valence-corrected chi connectivity index (χ3v) is 2.74. The van der Waals surface area contributed by atoms with Crippen LogP contribution < -0.4 is 5.73 Å². The van der Waals surface area contributed by atoms with Gasteiger partial charge in [0.1, 0.15) is 5.82 Å². The Morgan fingerprint density at radius 3 is 2.44 bits per heavy atom. The van der Waals surface area contributed by atoms with Crippen molar-refractivity contribution in [1.82, 2.24) is 9.97 Å². The van der Waals surface area contributed by atoms with Gasteiger partial charge in [0, 0.05) is 24.4 Å². The Labute approximate surface area is 98.5 Å². The second-order valence-corrected chi connectivity index (χ2v) is 5.09. The minimum Gasteiger partial charge on any atom is -0.330 e. The van der Waals surface area contributed by atoms with E-state index < -0.39 is 0 Å². The Kier molecular flexibility index (Phi) is 4.87. The minimum absolute atomic E-state index is 0.270. The molecule has 1 atom stereocenters. The number of nitrogens with zero attached hydrogens (tertiary/aromatic N) is 2. The van der Waals surface area contributed by atoms with E-state index in [2.05, 4.69) is 37.7 Å². The lowest BCUT2D eigenvalue weighted by atomic mass is 9.95. The summed E-state index contributed by atoms with van der Waals surface area (Å²) in [5.41, 5.74) is 6.90. The van der Waals surface area contributed by atoms with Gasteiger partial charge in [0.2, 0.25) is 0 Å². The molecule has 0 aliphatic carbocycles. The molecule has 0 radical (unpaired) electrons. The summed E-state index contributed by atoms with van der Waals surface area (Å²) in [4.78, 5) is 8.96. The molecule has 0 saturated carbocycles. The molecular formula is C13H23N3. The summed E-state index contributed by atoms with van der Waals surface area (Å²) in [7, 11) is 0. The number of hydrogen-bond acceptors (Lipinski definition) is 3. The second kappa shape index (κ2) is 5.94. The van der Waals surface area contributed by atoms with Crippen molar-refractivity contribution in [3.05, 3.63) is 23.8 Å². The van der Waals surface area contributed by atoms with E-state index in [1.54, 1.807) is 0 Å². The molecule has 0 bridgehead atoms. The molecular weight excluding hydrogens is 198 g/mol. The van der Waals surface area contributed by atoms with E-state index in [9.17, 15) is 0 Å². The summed E-state index contributed by atoms with van der Waals surface area (Å²) in [6.07, 6.45) is 2.86. The first-order chi connectivity index (χ1) is 7.54. The Hall–Kier alpha value is -0.960. The highest BCUT2D eigenvalue weighted by atomic mass is 14.9. The zero-order chi connectivity index (χ0) is 12.1. The predicted molar refractivity (Wildman–Crippen MR) is 67.2 cm³/mol. The van der Waals surface area contributed by atoms with Gasteiger partial charge in [0.05, 0.1) is 0 Å². The normalized spacial score (nSPS) is 13.4. The molecule has 0 aliphatic rings. The highest BCUT2D eigenvalue weighted by molar-refractivity contribution is 5.07. The van der Waals surface area contributed by atoms with Crippen LogP contribution in [-0.2, 0) is 6.42 Å². The van der Waals surface area contributed by atoms with Gasteiger partial charge in [-0.3, -0.25) is 0 Å². The summed E-state index contributed by atoms with van der Waals surface area (Å²) in [6, 6.07) is 2.00. The number of hydrogen-bond donors (Lipinski definition) is 1. The zero-order valence-electron chi connectivity index (χ0n) is 10.8. The predicted octanol–water partition coefficient (Wildman–Crippen LogP) is 2.37. The van der Waals surface area contributed by atoms with Crippen LogP contribution in [0.25, 0.3) is 0 Å². The van der Waals surface area contributed by atoms with Crippen molar-refractivity contribution in [3.63, 3.8) is 0 Å². The number of rotatable bonds is 5. The molecule has 1 aromatic rings. The van der Waals surface area contributed by atoms with E-state index in [1.165, 1.54) is 0 Å². The third-order valence-electron chi connectivity index (χ3n) is 2.74. The third kappa shape index (κ3) is 3.56. The molecule has 0 amide bonds. The SMILES string of the molecule is CC(C)Cc1ccnc(C(CN)C(C)C)n1. The van der Waals surface area contributed by atoms with Crippen molar-refractivity contribution in [2.45, 2.75) is 40.0 Å². The fourth-order valence-corrected chi connectivity index (χ4v) is 1.80. The molecule has 1 heterocycles. The Morgan fingerprint density at radius 1 is 1.25 bits per heavy atom. The highest BCUT2D eigenvalue weighted by Gasteiger charge is 2.17. The Bertz CT molecular complexity index is 321.